The molecule has 1 N–H and O–H groups in total. The van der Waals surface area contributed by atoms with E-state index in [2.05, 4.69) is 5.32 Å². The zero-order chi connectivity index (χ0) is 15.1. The highest BCUT2D eigenvalue weighted by molar-refractivity contribution is 5.77. The van der Waals surface area contributed by atoms with E-state index in [1.54, 1.807) is 42.5 Å². The van der Waals surface area contributed by atoms with Gasteiger partial charge in [0.2, 0.25) is 0 Å². The summed E-state index contributed by atoms with van der Waals surface area (Å²) in [5.74, 6) is -0.402. The number of nitrogens with zero attached hydrogens (tertiary/aromatic N) is 1. The molecule has 1 amide bonds. The van der Waals surface area contributed by atoms with Gasteiger partial charge in [0.15, 0.2) is 6.61 Å². The van der Waals surface area contributed by atoms with Crippen molar-refractivity contribution in [3.8, 4) is 11.8 Å². The SMILES string of the molecule is N#Cc1ccccc1OCC(=O)NCc1ccccc1F. The highest BCUT2D eigenvalue weighted by Gasteiger charge is 2.07. The van der Waals surface area contributed by atoms with Gasteiger partial charge in [0.25, 0.3) is 5.91 Å². The Labute approximate surface area is 121 Å². The molecular weight excluding hydrogens is 271 g/mol. The molecule has 0 saturated carbocycles. The summed E-state index contributed by atoms with van der Waals surface area (Å²) in [4.78, 5) is 11.7. The van der Waals surface area contributed by atoms with E-state index in [1.165, 1.54) is 6.07 Å². The molecule has 0 fully saturated rings. The van der Waals surface area contributed by atoms with Gasteiger partial charge >= 0.3 is 0 Å². The van der Waals surface area contributed by atoms with Gasteiger partial charge in [0.1, 0.15) is 17.6 Å². The van der Waals surface area contributed by atoms with Crippen molar-refractivity contribution in [3.63, 3.8) is 0 Å². The fraction of sp³-hybridized carbons (Fsp3) is 0.125. The van der Waals surface area contributed by atoms with Crippen LogP contribution in [-0.4, -0.2) is 12.5 Å². The van der Waals surface area contributed by atoms with Crippen molar-refractivity contribution in [1.82, 2.24) is 5.32 Å². The molecule has 0 aliphatic rings. The average Bonchev–Trinajstić information content (AvgIpc) is 2.52. The molecule has 5 heteroatoms. The lowest BCUT2D eigenvalue weighted by Crippen LogP contribution is -2.28. The summed E-state index contributed by atoms with van der Waals surface area (Å²) in [5.41, 5.74) is 0.766. The van der Waals surface area contributed by atoms with Crippen molar-refractivity contribution in [2.75, 3.05) is 6.61 Å². The largest absolute Gasteiger partial charge is 0.482 e. The molecule has 0 saturated heterocycles. The number of amides is 1. The van der Waals surface area contributed by atoms with Crippen molar-refractivity contribution in [2.45, 2.75) is 6.54 Å². The van der Waals surface area contributed by atoms with Crippen LogP contribution in [0.4, 0.5) is 4.39 Å². The van der Waals surface area contributed by atoms with Gasteiger partial charge < -0.3 is 10.1 Å². The summed E-state index contributed by atoms with van der Waals surface area (Å²) in [5, 5.41) is 11.5. The van der Waals surface area contributed by atoms with E-state index in [0.717, 1.165) is 0 Å². The van der Waals surface area contributed by atoms with Gasteiger partial charge in [-0.2, -0.15) is 5.26 Å². The van der Waals surface area contributed by atoms with Crippen LogP contribution in [0.15, 0.2) is 48.5 Å². The minimum Gasteiger partial charge on any atom is -0.482 e. The summed E-state index contributed by atoms with van der Waals surface area (Å²) >= 11 is 0. The molecule has 0 aliphatic heterocycles. The van der Waals surface area contributed by atoms with E-state index in [1.807, 2.05) is 6.07 Å². The second-order valence-corrected chi connectivity index (χ2v) is 4.26. The highest BCUT2D eigenvalue weighted by Crippen LogP contribution is 2.16. The predicted molar refractivity (Wildman–Crippen MR) is 74.9 cm³/mol. The molecule has 0 spiro atoms. The molecule has 2 aromatic rings. The minimum atomic E-state index is -0.383. The number of carbonyl (C=O) groups excluding carboxylic acids is 1. The Hall–Kier alpha value is -2.87. The summed E-state index contributed by atoms with van der Waals surface area (Å²) in [6.45, 7) is -0.137. The van der Waals surface area contributed by atoms with Crippen molar-refractivity contribution in [3.05, 3.63) is 65.5 Å². The van der Waals surface area contributed by atoms with E-state index in [0.29, 0.717) is 16.9 Å². The minimum absolute atomic E-state index is 0.0920. The number of rotatable bonds is 5. The van der Waals surface area contributed by atoms with E-state index in [-0.39, 0.29) is 24.9 Å². The van der Waals surface area contributed by atoms with Crippen LogP contribution in [0.25, 0.3) is 0 Å². The monoisotopic (exact) mass is 284 g/mol. The first-order chi connectivity index (χ1) is 10.2. The molecule has 0 heterocycles. The van der Waals surface area contributed by atoms with Crippen molar-refractivity contribution in [1.29, 1.82) is 5.26 Å². The molecule has 4 nitrogen and oxygen atoms in total. The van der Waals surface area contributed by atoms with Crippen LogP contribution in [0.3, 0.4) is 0 Å². The highest BCUT2D eigenvalue weighted by atomic mass is 19.1. The number of carbonyl (C=O) groups is 1. The fourth-order valence-electron chi connectivity index (χ4n) is 1.71. The van der Waals surface area contributed by atoms with Gasteiger partial charge in [-0.15, -0.1) is 0 Å². The van der Waals surface area contributed by atoms with Crippen LogP contribution in [0.5, 0.6) is 5.75 Å². The Kier molecular flexibility index (Phi) is 4.89. The Morgan fingerprint density at radius 3 is 2.67 bits per heavy atom. The van der Waals surface area contributed by atoms with Gasteiger partial charge in [-0.05, 0) is 18.2 Å². The zero-order valence-corrected chi connectivity index (χ0v) is 11.2. The lowest BCUT2D eigenvalue weighted by molar-refractivity contribution is -0.123. The number of hydrogen-bond acceptors (Lipinski definition) is 3. The molecule has 106 valence electrons. The third-order valence-corrected chi connectivity index (χ3v) is 2.80. The standard InChI is InChI=1S/C16H13FN2O2/c17-14-7-3-1-6-13(14)10-19-16(20)11-21-15-8-4-2-5-12(15)9-18/h1-8H,10-11H2,(H,19,20). The van der Waals surface area contributed by atoms with Crippen LogP contribution >= 0.6 is 0 Å². The number of ether oxygens (including phenoxy) is 1. The average molecular weight is 284 g/mol. The maximum atomic E-state index is 13.4. The Morgan fingerprint density at radius 1 is 1.19 bits per heavy atom. The number of nitriles is 1. The number of para-hydroxylation sites is 1. The molecule has 0 aliphatic carbocycles. The van der Waals surface area contributed by atoms with E-state index in [9.17, 15) is 9.18 Å². The summed E-state index contributed by atoms with van der Waals surface area (Å²) in [7, 11) is 0. The first-order valence-corrected chi connectivity index (χ1v) is 6.32. The van der Waals surface area contributed by atoms with Crippen LogP contribution < -0.4 is 10.1 Å². The smallest absolute Gasteiger partial charge is 0.258 e. The third-order valence-electron chi connectivity index (χ3n) is 2.80. The Bertz CT molecular complexity index is 680. The molecule has 2 rings (SSSR count). The van der Waals surface area contributed by atoms with E-state index < -0.39 is 0 Å². The number of hydrogen-bond donors (Lipinski definition) is 1. The third kappa shape index (κ3) is 4.05. The summed E-state index contributed by atoms with van der Waals surface area (Å²) in [6.07, 6.45) is 0. The molecule has 0 aromatic heterocycles. The second-order valence-electron chi connectivity index (χ2n) is 4.26. The normalized spacial score (nSPS) is 9.71. The second kappa shape index (κ2) is 7.06. The molecule has 2 aromatic carbocycles. The van der Waals surface area contributed by atoms with Gasteiger partial charge in [-0.1, -0.05) is 30.3 Å². The maximum absolute atomic E-state index is 13.4. The Morgan fingerprint density at radius 2 is 1.90 bits per heavy atom. The number of nitrogens with one attached hydrogen (secondary N) is 1. The lowest BCUT2D eigenvalue weighted by atomic mass is 10.2. The van der Waals surface area contributed by atoms with Crippen molar-refractivity contribution in [2.24, 2.45) is 0 Å². The molecule has 0 unspecified atom stereocenters. The predicted octanol–water partition coefficient (Wildman–Crippen LogP) is 2.39. The quantitative estimate of drug-likeness (QED) is 0.917. The number of benzene rings is 2. The molecule has 21 heavy (non-hydrogen) atoms. The first-order valence-electron chi connectivity index (χ1n) is 6.32. The molecule has 0 radical (unpaired) electrons. The van der Waals surface area contributed by atoms with E-state index >= 15 is 0 Å². The topological polar surface area (TPSA) is 62.1 Å². The van der Waals surface area contributed by atoms with Gasteiger partial charge in [-0.3, -0.25) is 4.79 Å². The molecular formula is C16H13FN2O2. The first kappa shape index (κ1) is 14.5. The van der Waals surface area contributed by atoms with Crippen LogP contribution in [-0.2, 0) is 11.3 Å². The summed E-state index contributed by atoms with van der Waals surface area (Å²) in [6, 6.07) is 14.8. The van der Waals surface area contributed by atoms with Crippen LogP contribution in [0, 0.1) is 17.1 Å². The van der Waals surface area contributed by atoms with Gasteiger partial charge in [0.05, 0.1) is 5.56 Å². The van der Waals surface area contributed by atoms with Crippen LogP contribution in [0.1, 0.15) is 11.1 Å². The van der Waals surface area contributed by atoms with Crippen LogP contribution in [0.2, 0.25) is 0 Å². The van der Waals surface area contributed by atoms with Gasteiger partial charge in [0, 0.05) is 12.1 Å². The lowest BCUT2D eigenvalue weighted by Gasteiger charge is -2.09. The summed E-state index contributed by atoms with van der Waals surface area (Å²) < 4.78 is 18.7. The van der Waals surface area contributed by atoms with Gasteiger partial charge in [-0.25, -0.2) is 4.39 Å². The van der Waals surface area contributed by atoms with Crippen molar-refractivity contribution < 1.29 is 13.9 Å². The fourth-order valence-corrected chi connectivity index (χ4v) is 1.71. The Balaban J connectivity index is 1.86. The zero-order valence-electron chi connectivity index (χ0n) is 11.2. The molecule has 0 atom stereocenters. The number of halogens is 1. The molecule has 0 bridgehead atoms. The van der Waals surface area contributed by atoms with Crippen molar-refractivity contribution >= 4 is 5.91 Å². The maximum Gasteiger partial charge on any atom is 0.258 e. The van der Waals surface area contributed by atoms with E-state index in [4.69, 9.17) is 10.00 Å².